The second-order valence-corrected chi connectivity index (χ2v) is 9.46. The molecule has 1 aromatic carbocycles. The Kier molecular flexibility index (Phi) is 11.4. The summed E-state index contributed by atoms with van der Waals surface area (Å²) in [6.07, 6.45) is 5.58. The van der Waals surface area contributed by atoms with Crippen LogP contribution in [0.5, 0.6) is 11.6 Å². The summed E-state index contributed by atoms with van der Waals surface area (Å²) in [7, 11) is 2.13. The van der Waals surface area contributed by atoms with Gasteiger partial charge in [-0.15, -0.1) is 29.9 Å². The lowest BCUT2D eigenvalue weighted by Crippen LogP contribution is -2.35. The van der Waals surface area contributed by atoms with Gasteiger partial charge in [-0.3, -0.25) is 0 Å². The average molecular weight is 533 g/mol. The molecule has 0 N–H and O–H groups in total. The molecule has 0 amide bonds. The minimum Gasteiger partial charge on any atom is -0.490 e. The highest BCUT2D eigenvalue weighted by Gasteiger charge is 2.35. The number of aromatic nitrogens is 2. The number of benzene rings is 1. The van der Waals surface area contributed by atoms with Crippen LogP contribution in [-0.2, 0) is 6.42 Å². The van der Waals surface area contributed by atoms with Crippen LogP contribution in [0.2, 0.25) is 0 Å². The molecule has 1 aromatic heterocycles. The third-order valence-corrected chi connectivity index (χ3v) is 6.70. The highest BCUT2D eigenvalue weighted by molar-refractivity contribution is 5.85. The normalized spacial score (nSPS) is 18.9. The molecule has 1 saturated carbocycles. The van der Waals surface area contributed by atoms with Crippen molar-refractivity contribution in [1.29, 1.82) is 0 Å². The van der Waals surface area contributed by atoms with Gasteiger partial charge in [-0.2, -0.15) is 5.10 Å². The van der Waals surface area contributed by atoms with Gasteiger partial charge in [-0.05, 0) is 63.3 Å². The maximum atomic E-state index is 13.4. The van der Waals surface area contributed by atoms with Crippen molar-refractivity contribution in [2.24, 2.45) is 0 Å². The van der Waals surface area contributed by atoms with Crippen molar-refractivity contribution in [2.45, 2.75) is 82.8 Å². The fraction of sp³-hybridized carbons (Fsp3) is 0.615. The van der Waals surface area contributed by atoms with Gasteiger partial charge in [-0.25, -0.2) is 8.78 Å². The quantitative estimate of drug-likeness (QED) is 0.376. The van der Waals surface area contributed by atoms with Crippen LogP contribution in [-0.4, -0.2) is 53.4 Å². The van der Waals surface area contributed by atoms with Crippen LogP contribution >= 0.6 is 24.8 Å². The second kappa shape index (κ2) is 13.6. The lowest BCUT2D eigenvalue weighted by Gasteiger charge is -2.29. The van der Waals surface area contributed by atoms with E-state index in [9.17, 15) is 8.78 Å². The van der Waals surface area contributed by atoms with E-state index in [0.717, 1.165) is 62.0 Å². The molecule has 5 nitrogen and oxygen atoms in total. The highest BCUT2D eigenvalue weighted by atomic mass is 35.5. The van der Waals surface area contributed by atoms with Crippen molar-refractivity contribution in [3.8, 4) is 22.8 Å². The highest BCUT2D eigenvalue weighted by Crippen LogP contribution is 2.35. The predicted octanol–water partition coefficient (Wildman–Crippen LogP) is 6.76. The number of ether oxygens (including phenoxy) is 2. The van der Waals surface area contributed by atoms with Gasteiger partial charge in [0, 0.05) is 37.6 Å². The number of piperidine rings is 1. The summed E-state index contributed by atoms with van der Waals surface area (Å²) in [6, 6.07) is 9.87. The first-order chi connectivity index (χ1) is 15.9. The largest absolute Gasteiger partial charge is 0.490 e. The Balaban J connectivity index is 0.00000216. The zero-order valence-corrected chi connectivity index (χ0v) is 22.2. The Bertz CT molecular complexity index is 900. The van der Waals surface area contributed by atoms with Crippen molar-refractivity contribution < 1.29 is 18.3 Å². The van der Waals surface area contributed by atoms with Gasteiger partial charge in [0.15, 0.2) is 0 Å². The molecule has 0 unspecified atom stereocenters. The zero-order valence-electron chi connectivity index (χ0n) is 20.6. The van der Waals surface area contributed by atoms with E-state index in [-0.39, 0.29) is 49.9 Å². The summed E-state index contributed by atoms with van der Waals surface area (Å²) in [6.45, 7) is 4.22. The van der Waals surface area contributed by atoms with Crippen LogP contribution in [0.3, 0.4) is 0 Å². The molecule has 2 aliphatic rings. The molecular weight excluding hydrogens is 495 g/mol. The summed E-state index contributed by atoms with van der Waals surface area (Å²) in [5.74, 6) is -1.25. The number of aryl methyl sites for hydroxylation is 1. The number of likely N-dealkylation sites (tertiary alicyclic amines) is 1. The fourth-order valence-corrected chi connectivity index (χ4v) is 4.55. The van der Waals surface area contributed by atoms with E-state index in [0.29, 0.717) is 24.5 Å². The van der Waals surface area contributed by atoms with E-state index in [1.165, 1.54) is 0 Å². The number of nitrogens with zero attached hydrogens (tertiary/aromatic N) is 3. The van der Waals surface area contributed by atoms with E-state index in [1.54, 1.807) is 0 Å². The number of halogens is 4. The molecule has 0 bridgehead atoms. The van der Waals surface area contributed by atoms with Crippen LogP contribution in [0.15, 0.2) is 30.3 Å². The Morgan fingerprint density at radius 2 is 1.57 bits per heavy atom. The van der Waals surface area contributed by atoms with Gasteiger partial charge in [0.1, 0.15) is 11.9 Å². The van der Waals surface area contributed by atoms with Crippen LogP contribution in [0.25, 0.3) is 11.1 Å². The fourth-order valence-electron chi connectivity index (χ4n) is 4.55. The maximum absolute atomic E-state index is 13.4. The molecule has 4 rings (SSSR count). The van der Waals surface area contributed by atoms with Crippen LogP contribution in [0.4, 0.5) is 8.78 Å². The molecule has 1 saturated heterocycles. The van der Waals surface area contributed by atoms with E-state index in [1.807, 2.05) is 30.3 Å². The van der Waals surface area contributed by atoms with Gasteiger partial charge in [-0.1, -0.05) is 25.5 Å². The number of rotatable bonds is 8. The maximum Gasteiger partial charge on any atom is 0.248 e. The molecule has 35 heavy (non-hydrogen) atoms. The van der Waals surface area contributed by atoms with Crippen molar-refractivity contribution in [2.75, 3.05) is 20.1 Å². The van der Waals surface area contributed by atoms with Gasteiger partial charge < -0.3 is 14.4 Å². The molecule has 0 atom stereocenters. The second-order valence-electron chi connectivity index (χ2n) is 9.46. The first-order valence-electron chi connectivity index (χ1n) is 12.3. The van der Waals surface area contributed by atoms with E-state index < -0.39 is 5.92 Å². The SMILES string of the molecule is CCCCc1nnc(OC2CCN(C)CC2)cc1-c1ccc(OC2CCC(F)(F)CC2)cc1.Cl.Cl. The number of alkyl halides is 2. The molecular formula is C26H37Cl2F2N3O2. The van der Waals surface area contributed by atoms with Crippen molar-refractivity contribution in [1.82, 2.24) is 15.1 Å². The molecule has 0 spiro atoms. The van der Waals surface area contributed by atoms with E-state index in [4.69, 9.17) is 9.47 Å². The van der Waals surface area contributed by atoms with Crippen LogP contribution < -0.4 is 9.47 Å². The van der Waals surface area contributed by atoms with Crippen LogP contribution in [0, 0.1) is 0 Å². The summed E-state index contributed by atoms with van der Waals surface area (Å²) >= 11 is 0. The third-order valence-electron chi connectivity index (χ3n) is 6.70. The summed E-state index contributed by atoms with van der Waals surface area (Å²) in [4.78, 5) is 2.31. The minimum atomic E-state index is -2.54. The predicted molar refractivity (Wildman–Crippen MR) is 140 cm³/mol. The monoisotopic (exact) mass is 531 g/mol. The Labute approximate surface area is 219 Å². The third kappa shape index (κ3) is 8.43. The molecule has 2 fully saturated rings. The molecule has 1 aliphatic heterocycles. The summed E-state index contributed by atoms with van der Waals surface area (Å²) < 4.78 is 39.0. The molecule has 196 valence electrons. The average Bonchev–Trinajstić information content (AvgIpc) is 2.81. The Morgan fingerprint density at radius 3 is 2.20 bits per heavy atom. The lowest BCUT2D eigenvalue weighted by atomic mass is 9.94. The number of unbranched alkanes of at least 4 members (excludes halogenated alkanes) is 1. The first kappa shape index (κ1) is 29.5. The van der Waals surface area contributed by atoms with Gasteiger partial charge >= 0.3 is 0 Å². The number of hydrogen-bond donors (Lipinski definition) is 0. The summed E-state index contributed by atoms with van der Waals surface area (Å²) in [5.41, 5.74) is 3.03. The molecule has 2 aromatic rings. The molecule has 2 heterocycles. The Morgan fingerprint density at radius 1 is 0.943 bits per heavy atom. The molecule has 1 aliphatic carbocycles. The van der Waals surface area contributed by atoms with Crippen molar-refractivity contribution in [3.05, 3.63) is 36.0 Å². The van der Waals surface area contributed by atoms with E-state index in [2.05, 4.69) is 29.1 Å². The number of hydrogen-bond acceptors (Lipinski definition) is 5. The van der Waals surface area contributed by atoms with Gasteiger partial charge in [0.05, 0.1) is 11.8 Å². The van der Waals surface area contributed by atoms with E-state index >= 15 is 0 Å². The lowest BCUT2D eigenvalue weighted by molar-refractivity contribution is -0.0582. The minimum absolute atomic E-state index is 0. The molecule has 0 radical (unpaired) electrons. The van der Waals surface area contributed by atoms with Gasteiger partial charge in [0.2, 0.25) is 11.8 Å². The standard InChI is InChI=1S/C26H35F2N3O2.2ClH/c1-3-4-5-24-23(18-25(30-29-24)33-22-12-16-31(2)17-13-22)19-6-8-20(9-7-19)32-21-10-14-26(27,28)15-11-21;;/h6-9,18,21-22H,3-5,10-17H2,1-2H3;2*1H. The topological polar surface area (TPSA) is 47.5 Å². The zero-order chi connectivity index (χ0) is 23.3. The molecule has 9 heteroatoms. The van der Waals surface area contributed by atoms with Gasteiger partial charge in [0.25, 0.3) is 0 Å². The first-order valence-corrected chi connectivity index (χ1v) is 12.3. The smallest absolute Gasteiger partial charge is 0.248 e. The van der Waals surface area contributed by atoms with Crippen LogP contribution in [0.1, 0.15) is 64.0 Å². The Hall–Kier alpha value is -1.70. The van der Waals surface area contributed by atoms with Crippen molar-refractivity contribution >= 4 is 24.8 Å². The summed E-state index contributed by atoms with van der Waals surface area (Å²) in [5, 5.41) is 8.88. The van der Waals surface area contributed by atoms with Crippen molar-refractivity contribution in [3.63, 3.8) is 0 Å².